The fourth-order valence-electron chi connectivity index (χ4n) is 1.84. The van der Waals surface area contributed by atoms with Gasteiger partial charge < -0.3 is 10.5 Å². The zero-order valence-electron chi connectivity index (χ0n) is 11.4. The van der Waals surface area contributed by atoms with E-state index in [1.54, 1.807) is 13.0 Å². The zero-order chi connectivity index (χ0) is 13.7. The van der Waals surface area contributed by atoms with E-state index in [4.69, 9.17) is 10.5 Å². The molecule has 2 rings (SSSR count). The first-order valence-corrected chi connectivity index (χ1v) is 6.55. The van der Waals surface area contributed by atoms with Crippen LogP contribution in [-0.4, -0.2) is 9.97 Å². The Labute approximate surface area is 113 Å². The van der Waals surface area contributed by atoms with Crippen molar-refractivity contribution in [3.8, 4) is 11.6 Å². The lowest BCUT2D eigenvalue weighted by Gasteiger charge is -2.07. The molecule has 19 heavy (non-hydrogen) atoms. The molecule has 0 bridgehead atoms. The number of anilines is 1. The van der Waals surface area contributed by atoms with E-state index in [0.29, 0.717) is 17.5 Å². The van der Waals surface area contributed by atoms with Gasteiger partial charge in [-0.2, -0.15) is 4.98 Å². The molecule has 0 saturated heterocycles. The molecule has 0 saturated carbocycles. The summed E-state index contributed by atoms with van der Waals surface area (Å²) < 4.78 is 5.67. The van der Waals surface area contributed by atoms with Gasteiger partial charge >= 0.3 is 0 Å². The van der Waals surface area contributed by atoms with E-state index in [2.05, 4.69) is 29.0 Å². The molecule has 4 heteroatoms. The fraction of sp³-hybridized carbons (Fsp3) is 0.333. The van der Waals surface area contributed by atoms with Crippen LogP contribution in [0.1, 0.15) is 31.2 Å². The first-order valence-electron chi connectivity index (χ1n) is 6.55. The van der Waals surface area contributed by atoms with Crippen molar-refractivity contribution in [2.24, 2.45) is 0 Å². The summed E-state index contributed by atoms with van der Waals surface area (Å²) >= 11 is 0. The number of aryl methyl sites for hydroxylation is 2. The first kappa shape index (κ1) is 13.3. The average molecular weight is 257 g/mol. The Morgan fingerprint density at radius 1 is 1.16 bits per heavy atom. The van der Waals surface area contributed by atoms with Gasteiger partial charge in [0.25, 0.3) is 0 Å². The quantitative estimate of drug-likeness (QED) is 0.890. The van der Waals surface area contributed by atoms with Crippen molar-refractivity contribution in [2.45, 2.75) is 33.1 Å². The highest BCUT2D eigenvalue weighted by Crippen LogP contribution is 2.21. The Bertz CT molecular complexity index is 517. The van der Waals surface area contributed by atoms with Gasteiger partial charge in [0, 0.05) is 6.07 Å². The molecule has 1 heterocycles. The Morgan fingerprint density at radius 3 is 2.53 bits per heavy atom. The van der Waals surface area contributed by atoms with Crippen LogP contribution in [-0.2, 0) is 6.42 Å². The maximum atomic E-state index is 5.67. The largest absolute Gasteiger partial charge is 0.439 e. The Hall–Kier alpha value is -2.10. The number of nitrogens with zero attached hydrogens (tertiary/aromatic N) is 2. The maximum absolute atomic E-state index is 5.67. The minimum atomic E-state index is 0.419. The van der Waals surface area contributed by atoms with Crippen LogP contribution in [0.25, 0.3) is 0 Å². The predicted molar refractivity (Wildman–Crippen MR) is 76.3 cm³/mol. The number of unbranched alkanes of at least 4 members (excludes halogenated alkanes) is 1. The van der Waals surface area contributed by atoms with Gasteiger partial charge in [-0.15, -0.1) is 0 Å². The third-order valence-corrected chi connectivity index (χ3v) is 2.80. The number of hydrogen-bond acceptors (Lipinski definition) is 4. The Morgan fingerprint density at radius 2 is 1.89 bits per heavy atom. The third-order valence-electron chi connectivity index (χ3n) is 2.80. The van der Waals surface area contributed by atoms with E-state index >= 15 is 0 Å². The molecule has 0 aliphatic rings. The van der Waals surface area contributed by atoms with Crippen LogP contribution in [0.4, 0.5) is 5.82 Å². The summed E-state index contributed by atoms with van der Waals surface area (Å²) in [6.45, 7) is 3.98. The van der Waals surface area contributed by atoms with Gasteiger partial charge in [0.1, 0.15) is 17.4 Å². The topological polar surface area (TPSA) is 61.0 Å². The highest BCUT2D eigenvalue weighted by atomic mass is 16.5. The van der Waals surface area contributed by atoms with Gasteiger partial charge in [0.15, 0.2) is 0 Å². The van der Waals surface area contributed by atoms with Crippen molar-refractivity contribution < 1.29 is 4.74 Å². The second-order valence-electron chi connectivity index (χ2n) is 4.53. The van der Waals surface area contributed by atoms with E-state index in [-0.39, 0.29) is 0 Å². The summed E-state index contributed by atoms with van der Waals surface area (Å²) in [4.78, 5) is 8.20. The number of nitrogen functional groups attached to an aromatic ring is 1. The van der Waals surface area contributed by atoms with E-state index in [1.165, 1.54) is 18.4 Å². The molecule has 2 N–H and O–H groups in total. The number of ether oxygens (including phenoxy) is 1. The summed E-state index contributed by atoms with van der Waals surface area (Å²) in [6, 6.07) is 9.71. The molecular weight excluding hydrogens is 238 g/mol. The first-order chi connectivity index (χ1) is 9.17. The van der Waals surface area contributed by atoms with Crippen molar-refractivity contribution in [3.63, 3.8) is 0 Å². The predicted octanol–water partition coefficient (Wildman–Crippen LogP) is 3.50. The Balaban J connectivity index is 2.06. The molecule has 0 atom stereocenters. The van der Waals surface area contributed by atoms with Gasteiger partial charge in [-0.3, -0.25) is 0 Å². The Kier molecular flexibility index (Phi) is 4.34. The molecule has 0 spiro atoms. The minimum absolute atomic E-state index is 0.419. The summed E-state index contributed by atoms with van der Waals surface area (Å²) in [5.41, 5.74) is 6.99. The average Bonchev–Trinajstić information content (AvgIpc) is 2.37. The number of rotatable bonds is 5. The van der Waals surface area contributed by atoms with Crippen LogP contribution in [0.3, 0.4) is 0 Å². The van der Waals surface area contributed by atoms with Crippen molar-refractivity contribution in [3.05, 3.63) is 41.7 Å². The maximum Gasteiger partial charge on any atom is 0.224 e. The lowest BCUT2D eigenvalue weighted by Crippen LogP contribution is -1.97. The van der Waals surface area contributed by atoms with E-state index in [9.17, 15) is 0 Å². The van der Waals surface area contributed by atoms with Crippen LogP contribution >= 0.6 is 0 Å². The molecule has 0 aliphatic carbocycles. The molecule has 0 radical (unpaired) electrons. The molecule has 0 unspecified atom stereocenters. The van der Waals surface area contributed by atoms with Gasteiger partial charge in [-0.05, 0) is 37.5 Å². The monoisotopic (exact) mass is 257 g/mol. The van der Waals surface area contributed by atoms with Crippen LogP contribution in [0, 0.1) is 6.92 Å². The second kappa shape index (κ2) is 6.18. The second-order valence-corrected chi connectivity index (χ2v) is 4.53. The van der Waals surface area contributed by atoms with E-state index < -0.39 is 0 Å². The van der Waals surface area contributed by atoms with Gasteiger partial charge in [0.05, 0.1) is 0 Å². The molecule has 4 nitrogen and oxygen atoms in total. The normalized spacial score (nSPS) is 10.4. The number of aromatic nitrogens is 2. The summed E-state index contributed by atoms with van der Waals surface area (Å²) in [7, 11) is 0. The third kappa shape index (κ3) is 3.95. The van der Waals surface area contributed by atoms with Gasteiger partial charge in [0.2, 0.25) is 5.88 Å². The highest BCUT2D eigenvalue weighted by Gasteiger charge is 2.02. The lowest BCUT2D eigenvalue weighted by atomic mass is 10.1. The molecule has 100 valence electrons. The fourth-order valence-corrected chi connectivity index (χ4v) is 1.84. The van der Waals surface area contributed by atoms with Crippen LogP contribution < -0.4 is 10.5 Å². The molecule has 1 aromatic heterocycles. The summed E-state index contributed by atoms with van der Waals surface area (Å²) in [5, 5.41) is 0. The van der Waals surface area contributed by atoms with Crippen molar-refractivity contribution in [1.29, 1.82) is 0 Å². The molecular formula is C15H19N3O. The van der Waals surface area contributed by atoms with E-state index in [0.717, 1.165) is 12.2 Å². The SMILES string of the molecule is CCCCc1ccc(Oc2cc(N)nc(C)n2)cc1. The highest BCUT2D eigenvalue weighted by molar-refractivity contribution is 5.36. The van der Waals surface area contributed by atoms with Crippen LogP contribution in [0.15, 0.2) is 30.3 Å². The summed E-state index contributed by atoms with van der Waals surface area (Å²) in [6.07, 6.45) is 3.52. The van der Waals surface area contributed by atoms with Crippen molar-refractivity contribution >= 4 is 5.82 Å². The van der Waals surface area contributed by atoms with E-state index in [1.807, 2.05) is 12.1 Å². The smallest absolute Gasteiger partial charge is 0.224 e. The number of hydrogen-bond donors (Lipinski definition) is 1. The molecule has 0 amide bonds. The van der Waals surface area contributed by atoms with Crippen molar-refractivity contribution in [1.82, 2.24) is 9.97 Å². The number of nitrogens with two attached hydrogens (primary N) is 1. The minimum Gasteiger partial charge on any atom is -0.439 e. The van der Waals surface area contributed by atoms with Gasteiger partial charge in [-0.1, -0.05) is 25.5 Å². The van der Waals surface area contributed by atoms with Crippen LogP contribution in [0.2, 0.25) is 0 Å². The number of benzene rings is 1. The van der Waals surface area contributed by atoms with Gasteiger partial charge in [-0.25, -0.2) is 4.98 Å². The summed E-state index contributed by atoms with van der Waals surface area (Å²) in [5.74, 6) is 2.26. The molecule has 2 aromatic rings. The lowest BCUT2D eigenvalue weighted by molar-refractivity contribution is 0.460. The standard InChI is InChI=1S/C15H19N3O/c1-3-4-5-12-6-8-13(9-7-12)19-15-10-14(16)17-11(2)18-15/h6-10H,3-5H2,1-2H3,(H2,16,17,18). The van der Waals surface area contributed by atoms with Crippen molar-refractivity contribution in [2.75, 3.05) is 5.73 Å². The molecule has 0 aliphatic heterocycles. The molecule has 0 fully saturated rings. The molecule has 1 aromatic carbocycles. The zero-order valence-corrected chi connectivity index (χ0v) is 11.4. The van der Waals surface area contributed by atoms with Crippen LogP contribution in [0.5, 0.6) is 11.6 Å².